The number of hydrogen-bond donors (Lipinski definition) is 2. The first-order valence-corrected chi connectivity index (χ1v) is 8.97. The lowest BCUT2D eigenvalue weighted by molar-refractivity contribution is -0.0498. The SMILES string of the molecule is CSc1ccc(CNC(=O)NCCc2ccc(OC(F)F)cc2)cc1. The van der Waals surface area contributed by atoms with Crippen molar-refractivity contribution in [1.29, 1.82) is 0 Å². The molecule has 0 spiro atoms. The van der Waals surface area contributed by atoms with Crippen molar-refractivity contribution in [2.24, 2.45) is 0 Å². The van der Waals surface area contributed by atoms with E-state index in [0.717, 1.165) is 11.1 Å². The van der Waals surface area contributed by atoms with Gasteiger partial charge in [-0.2, -0.15) is 8.78 Å². The molecule has 0 aliphatic rings. The van der Waals surface area contributed by atoms with E-state index in [1.165, 1.54) is 17.0 Å². The molecule has 0 radical (unpaired) electrons. The summed E-state index contributed by atoms with van der Waals surface area (Å²) in [4.78, 5) is 13.0. The molecular weight excluding hydrogens is 346 g/mol. The summed E-state index contributed by atoms with van der Waals surface area (Å²) in [5, 5.41) is 5.56. The van der Waals surface area contributed by atoms with Crippen LogP contribution in [0.25, 0.3) is 0 Å². The molecule has 2 rings (SSSR count). The molecule has 0 unspecified atom stereocenters. The van der Waals surface area contributed by atoms with E-state index < -0.39 is 6.61 Å². The molecule has 25 heavy (non-hydrogen) atoms. The van der Waals surface area contributed by atoms with Crippen LogP contribution in [0, 0.1) is 0 Å². The van der Waals surface area contributed by atoms with E-state index >= 15 is 0 Å². The van der Waals surface area contributed by atoms with Crippen molar-refractivity contribution in [2.45, 2.75) is 24.5 Å². The summed E-state index contributed by atoms with van der Waals surface area (Å²) < 4.78 is 28.4. The number of urea groups is 1. The molecule has 0 aromatic heterocycles. The van der Waals surface area contributed by atoms with Crippen LogP contribution in [0.3, 0.4) is 0 Å². The number of hydrogen-bond acceptors (Lipinski definition) is 3. The van der Waals surface area contributed by atoms with Crippen LogP contribution < -0.4 is 15.4 Å². The number of ether oxygens (including phenoxy) is 1. The highest BCUT2D eigenvalue weighted by Crippen LogP contribution is 2.15. The second kappa shape index (κ2) is 9.88. The first-order chi connectivity index (χ1) is 12.1. The maximum absolute atomic E-state index is 12.1. The zero-order valence-corrected chi connectivity index (χ0v) is 14.6. The molecule has 2 N–H and O–H groups in total. The highest BCUT2D eigenvalue weighted by atomic mass is 32.2. The Morgan fingerprint density at radius 2 is 1.68 bits per heavy atom. The molecule has 0 saturated carbocycles. The summed E-state index contributed by atoms with van der Waals surface area (Å²) >= 11 is 1.67. The average Bonchev–Trinajstić information content (AvgIpc) is 2.61. The number of benzene rings is 2. The number of thioether (sulfide) groups is 1. The van der Waals surface area contributed by atoms with Crippen molar-refractivity contribution in [2.75, 3.05) is 12.8 Å². The third kappa shape index (κ3) is 7.01. The van der Waals surface area contributed by atoms with Crippen molar-refractivity contribution in [3.8, 4) is 5.75 Å². The van der Waals surface area contributed by atoms with Crippen LogP contribution in [0.2, 0.25) is 0 Å². The van der Waals surface area contributed by atoms with Crippen molar-refractivity contribution >= 4 is 17.8 Å². The molecule has 4 nitrogen and oxygen atoms in total. The first kappa shape index (κ1) is 19.1. The fourth-order valence-corrected chi connectivity index (χ4v) is 2.55. The minimum Gasteiger partial charge on any atom is -0.435 e. The molecule has 2 amide bonds. The van der Waals surface area contributed by atoms with Gasteiger partial charge in [0, 0.05) is 18.0 Å². The van der Waals surface area contributed by atoms with E-state index in [-0.39, 0.29) is 11.8 Å². The number of rotatable bonds is 8. The normalized spacial score (nSPS) is 10.6. The number of amides is 2. The zero-order chi connectivity index (χ0) is 18.1. The molecule has 2 aromatic carbocycles. The van der Waals surface area contributed by atoms with Gasteiger partial charge in [-0.3, -0.25) is 0 Å². The summed E-state index contributed by atoms with van der Waals surface area (Å²) in [6.07, 6.45) is 2.62. The quantitative estimate of drug-likeness (QED) is 0.693. The van der Waals surface area contributed by atoms with Crippen LogP contribution in [0.4, 0.5) is 13.6 Å². The van der Waals surface area contributed by atoms with Gasteiger partial charge in [0.2, 0.25) is 0 Å². The van der Waals surface area contributed by atoms with Gasteiger partial charge in [-0.15, -0.1) is 11.8 Å². The Morgan fingerprint density at radius 3 is 2.28 bits per heavy atom. The monoisotopic (exact) mass is 366 g/mol. The predicted octanol–water partition coefficient (Wildman–Crippen LogP) is 4.05. The second-order valence-corrected chi connectivity index (χ2v) is 6.11. The summed E-state index contributed by atoms with van der Waals surface area (Å²) in [7, 11) is 0. The lowest BCUT2D eigenvalue weighted by Gasteiger charge is -2.09. The smallest absolute Gasteiger partial charge is 0.387 e. The number of alkyl halides is 2. The van der Waals surface area contributed by atoms with Gasteiger partial charge in [-0.25, -0.2) is 4.79 Å². The highest BCUT2D eigenvalue weighted by molar-refractivity contribution is 7.98. The van der Waals surface area contributed by atoms with Crippen molar-refractivity contribution in [3.63, 3.8) is 0 Å². The first-order valence-electron chi connectivity index (χ1n) is 7.75. The molecule has 134 valence electrons. The predicted molar refractivity (Wildman–Crippen MR) is 95.2 cm³/mol. The molecule has 0 bridgehead atoms. The number of carbonyl (C=O) groups is 1. The Balaban J connectivity index is 1.67. The summed E-state index contributed by atoms with van der Waals surface area (Å²) in [5.74, 6) is 0.122. The van der Waals surface area contributed by atoms with Crippen molar-refractivity contribution in [1.82, 2.24) is 10.6 Å². The van der Waals surface area contributed by atoms with Crippen LogP contribution in [0.15, 0.2) is 53.4 Å². The lowest BCUT2D eigenvalue weighted by Crippen LogP contribution is -2.36. The van der Waals surface area contributed by atoms with Gasteiger partial charge < -0.3 is 15.4 Å². The molecule has 0 fully saturated rings. The molecule has 0 atom stereocenters. The van der Waals surface area contributed by atoms with E-state index in [0.29, 0.717) is 19.5 Å². The standard InChI is InChI=1S/C18H20F2N2O2S/c1-25-16-8-4-14(5-9-16)12-22-18(23)21-11-10-13-2-6-15(7-3-13)24-17(19)20/h2-9,17H,10-12H2,1H3,(H2,21,22,23). The van der Waals surface area contributed by atoms with Crippen LogP contribution in [-0.4, -0.2) is 25.4 Å². The van der Waals surface area contributed by atoms with Gasteiger partial charge in [-0.1, -0.05) is 24.3 Å². The number of halogens is 2. The minimum atomic E-state index is -2.83. The van der Waals surface area contributed by atoms with E-state index in [1.807, 2.05) is 30.5 Å². The molecule has 0 saturated heterocycles. The Labute approximate surface area is 150 Å². The van der Waals surface area contributed by atoms with Crippen molar-refractivity contribution in [3.05, 3.63) is 59.7 Å². The fourth-order valence-electron chi connectivity index (χ4n) is 2.15. The Kier molecular flexibility index (Phi) is 7.53. The topological polar surface area (TPSA) is 50.4 Å². The molecular formula is C18H20F2N2O2S. The molecule has 0 aliphatic heterocycles. The fraction of sp³-hybridized carbons (Fsp3) is 0.278. The van der Waals surface area contributed by atoms with E-state index in [4.69, 9.17) is 0 Å². The summed E-state index contributed by atoms with van der Waals surface area (Å²) in [6, 6.07) is 14.1. The third-order valence-corrected chi connectivity index (χ3v) is 4.20. The number of nitrogens with one attached hydrogen (secondary N) is 2. The Bertz CT molecular complexity index is 664. The molecule has 7 heteroatoms. The second-order valence-electron chi connectivity index (χ2n) is 5.23. The van der Waals surface area contributed by atoms with Gasteiger partial charge in [0.1, 0.15) is 5.75 Å². The van der Waals surface area contributed by atoms with Gasteiger partial charge in [0.15, 0.2) is 0 Å². The highest BCUT2D eigenvalue weighted by Gasteiger charge is 2.04. The maximum atomic E-state index is 12.1. The lowest BCUT2D eigenvalue weighted by atomic mass is 10.1. The largest absolute Gasteiger partial charge is 0.435 e. The van der Waals surface area contributed by atoms with E-state index in [2.05, 4.69) is 15.4 Å². The van der Waals surface area contributed by atoms with Gasteiger partial charge in [0.05, 0.1) is 0 Å². The van der Waals surface area contributed by atoms with Gasteiger partial charge in [0.25, 0.3) is 0 Å². The van der Waals surface area contributed by atoms with E-state index in [1.54, 1.807) is 23.9 Å². The third-order valence-electron chi connectivity index (χ3n) is 3.46. The van der Waals surface area contributed by atoms with Gasteiger partial charge in [-0.05, 0) is 48.1 Å². The Hall–Kier alpha value is -2.28. The molecule has 2 aromatic rings. The number of carbonyl (C=O) groups excluding carboxylic acids is 1. The van der Waals surface area contributed by atoms with Gasteiger partial charge >= 0.3 is 12.6 Å². The molecule has 0 aliphatic carbocycles. The average molecular weight is 366 g/mol. The summed E-state index contributed by atoms with van der Waals surface area (Å²) in [5.41, 5.74) is 1.96. The van der Waals surface area contributed by atoms with E-state index in [9.17, 15) is 13.6 Å². The maximum Gasteiger partial charge on any atom is 0.387 e. The van der Waals surface area contributed by atoms with Crippen LogP contribution in [0.5, 0.6) is 5.75 Å². The minimum absolute atomic E-state index is 0.122. The van der Waals surface area contributed by atoms with Crippen molar-refractivity contribution < 1.29 is 18.3 Å². The Morgan fingerprint density at radius 1 is 1.04 bits per heavy atom. The zero-order valence-electron chi connectivity index (χ0n) is 13.8. The van der Waals surface area contributed by atoms with Crippen LogP contribution in [0.1, 0.15) is 11.1 Å². The summed E-state index contributed by atoms with van der Waals surface area (Å²) in [6.45, 7) is -1.92. The molecule has 0 heterocycles. The van der Waals surface area contributed by atoms with Crippen LogP contribution >= 0.6 is 11.8 Å². The van der Waals surface area contributed by atoms with Crippen LogP contribution in [-0.2, 0) is 13.0 Å².